The first kappa shape index (κ1) is 17.6. The van der Waals surface area contributed by atoms with Gasteiger partial charge in [-0.2, -0.15) is 0 Å². The summed E-state index contributed by atoms with van der Waals surface area (Å²) in [6, 6.07) is 5.56. The zero-order valence-corrected chi connectivity index (χ0v) is 13.5. The third-order valence-electron chi connectivity index (χ3n) is 3.65. The highest BCUT2D eigenvalue weighted by molar-refractivity contribution is 5.88. The summed E-state index contributed by atoms with van der Waals surface area (Å²) >= 11 is 0. The van der Waals surface area contributed by atoms with E-state index in [0.29, 0.717) is 18.3 Å². The number of unbranched alkanes of at least 4 members (excludes halogenated alkanes) is 1. The van der Waals surface area contributed by atoms with Crippen LogP contribution in [0.2, 0.25) is 0 Å². The Hall–Kier alpha value is -1.48. The predicted octanol–water partition coefficient (Wildman–Crippen LogP) is 4.63. The Kier molecular flexibility index (Phi) is 7.91. The van der Waals surface area contributed by atoms with Crippen molar-refractivity contribution in [2.24, 2.45) is 5.92 Å². The molecule has 1 aromatic heterocycles. The maximum absolute atomic E-state index is 9.65. The average molecular weight is 291 g/mol. The minimum Gasteiger partial charge on any atom is -0.507 e. The van der Waals surface area contributed by atoms with Gasteiger partial charge in [0.05, 0.1) is 0 Å². The fourth-order valence-electron chi connectivity index (χ4n) is 2.35. The number of H-pyrrole nitrogens is 1. The number of phenolic OH excluding ortho intramolecular Hbond substituents is 1. The largest absolute Gasteiger partial charge is 0.507 e. The Bertz CT molecular complexity index is 519. The Balaban J connectivity index is 0.000000240. The molecule has 0 spiro atoms. The number of aromatic nitrogens is 1. The summed E-state index contributed by atoms with van der Waals surface area (Å²) in [6.07, 6.45) is 7.76. The van der Waals surface area contributed by atoms with E-state index in [9.17, 15) is 5.11 Å². The van der Waals surface area contributed by atoms with E-state index in [-0.39, 0.29) is 0 Å². The van der Waals surface area contributed by atoms with E-state index >= 15 is 0 Å². The van der Waals surface area contributed by atoms with E-state index in [2.05, 4.69) is 25.8 Å². The van der Waals surface area contributed by atoms with Crippen molar-refractivity contribution in [1.29, 1.82) is 0 Å². The minimum atomic E-state index is 0.347. The van der Waals surface area contributed by atoms with Crippen LogP contribution < -0.4 is 0 Å². The number of hydrogen-bond acceptors (Lipinski definition) is 2. The number of aryl methyl sites for hydroxylation is 1. The monoisotopic (exact) mass is 291 g/mol. The van der Waals surface area contributed by atoms with Crippen molar-refractivity contribution in [3.05, 3.63) is 30.0 Å². The van der Waals surface area contributed by atoms with Gasteiger partial charge in [0.2, 0.25) is 0 Å². The Morgan fingerprint density at radius 2 is 1.95 bits per heavy atom. The summed E-state index contributed by atoms with van der Waals surface area (Å²) < 4.78 is 0. The van der Waals surface area contributed by atoms with Crippen molar-refractivity contribution in [3.8, 4) is 5.75 Å². The first-order valence-electron chi connectivity index (χ1n) is 8.02. The number of aromatic amines is 1. The van der Waals surface area contributed by atoms with Gasteiger partial charge in [-0.25, -0.2) is 0 Å². The van der Waals surface area contributed by atoms with E-state index in [1.807, 2.05) is 18.3 Å². The molecule has 1 unspecified atom stereocenters. The summed E-state index contributed by atoms with van der Waals surface area (Å²) in [5.74, 6) is 0.886. The molecule has 3 nitrogen and oxygen atoms in total. The first-order chi connectivity index (χ1) is 10.1. The normalized spacial score (nSPS) is 12.0. The van der Waals surface area contributed by atoms with Gasteiger partial charge < -0.3 is 15.2 Å². The van der Waals surface area contributed by atoms with Gasteiger partial charge in [-0.1, -0.05) is 46.1 Å². The fraction of sp³-hybridized carbons (Fsp3) is 0.556. The number of aromatic hydroxyl groups is 1. The molecule has 0 aliphatic carbocycles. The molecule has 118 valence electrons. The van der Waals surface area contributed by atoms with Gasteiger partial charge in [-0.15, -0.1) is 0 Å². The van der Waals surface area contributed by atoms with E-state index in [1.165, 1.54) is 24.8 Å². The number of hydrogen-bond donors (Lipinski definition) is 3. The second kappa shape index (κ2) is 9.46. The van der Waals surface area contributed by atoms with E-state index in [4.69, 9.17) is 5.11 Å². The topological polar surface area (TPSA) is 56.2 Å². The van der Waals surface area contributed by atoms with Crippen LogP contribution in [-0.2, 0) is 6.42 Å². The van der Waals surface area contributed by atoms with Gasteiger partial charge in [0.25, 0.3) is 0 Å². The van der Waals surface area contributed by atoms with Crippen LogP contribution in [0.1, 0.15) is 52.0 Å². The quantitative estimate of drug-likeness (QED) is 0.726. The van der Waals surface area contributed by atoms with Crippen LogP contribution >= 0.6 is 0 Å². The van der Waals surface area contributed by atoms with Gasteiger partial charge in [0.1, 0.15) is 5.75 Å². The lowest BCUT2D eigenvalue weighted by Crippen LogP contribution is -1.98. The van der Waals surface area contributed by atoms with E-state index in [1.54, 1.807) is 6.07 Å². The number of fused-ring (bicyclic) bond motifs is 1. The molecule has 1 atom stereocenters. The van der Waals surface area contributed by atoms with E-state index in [0.717, 1.165) is 23.7 Å². The molecule has 1 aromatic carbocycles. The molecule has 0 fully saturated rings. The fourth-order valence-corrected chi connectivity index (χ4v) is 2.35. The Labute approximate surface area is 128 Å². The smallest absolute Gasteiger partial charge is 0.125 e. The lowest BCUT2D eigenvalue weighted by Gasteiger charge is -2.03. The van der Waals surface area contributed by atoms with Crippen LogP contribution in [0.4, 0.5) is 0 Å². The lowest BCUT2D eigenvalue weighted by molar-refractivity contribution is 0.228. The van der Waals surface area contributed by atoms with Crippen LogP contribution in [0.5, 0.6) is 5.75 Å². The minimum absolute atomic E-state index is 0.347. The molecule has 0 aliphatic rings. The highest BCUT2D eigenvalue weighted by Crippen LogP contribution is 2.28. The van der Waals surface area contributed by atoms with Crippen LogP contribution in [0.15, 0.2) is 24.4 Å². The summed E-state index contributed by atoms with van der Waals surface area (Å²) in [4.78, 5) is 3.15. The van der Waals surface area contributed by atoms with E-state index < -0.39 is 0 Å². The van der Waals surface area contributed by atoms with Crippen molar-refractivity contribution < 1.29 is 10.2 Å². The van der Waals surface area contributed by atoms with Crippen LogP contribution in [0, 0.1) is 5.92 Å². The highest BCUT2D eigenvalue weighted by atomic mass is 16.3. The molecule has 0 saturated carbocycles. The van der Waals surface area contributed by atoms with Gasteiger partial charge in [0.15, 0.2) is 0 Å². The summed E-state index contributed by atoms with van der Waals surface area (Å²) in [7, 11) is 0. The van der Waals surface area contributed by atoms with Crippen molar-refractivity contribution in [1.82, 2.24) is 4.98 Å². The number of aliphatic hydroxyl groups excluding tert-OH is 1. The van der Waals surface area contributed by atoms with Crippen LogP contribution in [-0.4, -0.2) is 21.8 Å². The molecule has 0 radical (unpaired) electrons. The molecular weight excluding hydrogens is 262 g/mol. The van der Waals surface area contributed by atoms with Gasteiger partial charge >= 0.3 is 0 Å². The van der Waals surface area contributed by atoms with Crippen molar-refractivity contribution in [3.63, 3.8) is 0 Å². The number of nitrogens with one attached hydrogen (secondary N) is 1. The van der Waals surface area contributed by atoms with Crippen molar-refractivity contribution in [2.75, 3.05) is 6.61 Å². The molecule has 3 N–H and O–H groups in total. The summed E-state index contributed by atoms with van der Waals surface area (Å²) in [5, 5.41) is 19.2. The molecule has 0 aliphatic heterocycles. The molecule has 0 amide bonds. The highest BCUT2D eigenvalue weighted by Gasteiger charge is 2.05. The third kappa shape index (κ3) is 5.43. The zero-order chi connectivity index (χ0) is 15.7. The average Bonchev–Trinajstić information content (AvgIpc) is 2.90. The molecule has 2 aromatic rings. The van der Waals surface area contributed by atoms with Crippen molar-refractivity contribution in [2.45, 2.75) is 52.9 Å². The van der Waals surface area contributed by atoms with Crippen molar-refractivity contribution >= 4 is 10.9 Å². The number of phenols is 1. The van der Waals surface area contributed by atoms with Gasteiger partial charge in [0, 0.05) is 23.7 Å². The zero-order valence-electron chi connectivity index (χ0n) is 13.5. The second-order valence-electron chi connectivity index (χ2n) is 5.69. The maximum Gasteiger partial charge on any atom is 0.125 e. The molecular formula is C18H29NO2. The standard InChI is InChI=1S/C11H13NO.C7H16O/c1-2-4-8-7-12-9-5-3-6-10(13)11(8)9;1-3-4-5-7(2)6-8/h3,5-7,12-13H,2,4H2,1H3;7-8H,3-6H2,1-2H3. The maximum atomic E-state index is 9.65. The molecule has 0 bridgehead atoms. The Morgan fingerprint density at radius 1 is 1.19 bits per heavy atom. The number of benzene rings is 1. The molecule has 1 heterocycles. The SMILES string of the molecule is CCCCC(C)CO.CCCc1c[nH]c2cccc(O)c12. The predicted molar refractivity (Wildman–Crippen MR) is 89.7 cm³/mol. The first-order valence-corrected chi connectivity index (χ1v) is 8.02. The van der Waals surface area contributed by atoms with Crippen LogP contribution in [0.3, 0.4) is 0 Å². The summed E-state index contributed by atoms with van der Waals surface area (Å²) in [6.45, 7) is 6.73. The molecule has 0 saturated heterocycles. The van der Waals surface area contributed by atoms with Gasteiger partial charge in [-0.3, -0.25) is 0 Å². The number of aliphatic hydroxyl groups is 1. The Morgan fingerprint density at radius 3 is 2.57 bits per heavy atom. The number of rotatable bonds is 6. The van der Waals surface area contributed by atoms with Crippen LogP contribution in [0.25, 0.3) is 10.9 Å². The third-order valence-corrected chi connectivity index (χ3v) is 3.65. The van der Waals surface area contributed by atoms with Gasteiger partial charge in [-0.05, 0) is 36.5 Å². The molecule has 21 heavy (non-hydrogen) atoms. The second-order valence-corrected chi connectivity index (χ2v) is 5.69. The lowest BCUT2D eigenvalue weighted by atomic mass is 10.1. The molecule has 3 heteroatoms. The molecule has 2 rings (SSSR count). The summed E-state index contributed by atoms with van der Waals surface area (Å²) in [5.41, 5.74) is 2.22.